The standard InChI is InChI=1S/C33H33.C13H8Br2.C5H5.2ClH.Hf/c1-32(2,3)30-20-26-24(18-28(30)22-13-9-7-10-14-22)17-25-19-29(23-15-11-8-12-16-23)31(21-27(25)26)33(4,5)6;14-12-5-1-10(2-6-12)9-11-3-7-13(15)8-4-11;1-2-4-5-3-1;;;/h7-21H,1-6H3;1-8H;1-3H,4H2;2*1H;/q-1;;-1;;;+2/p-2. The maximum Gasteiger partial charge on any atom is -0.0139 e. The van der Waals surface area contributed by atoms with E-state index in [2.05, 4.69) is 225 Å². The molecule has 0 spiro atoms. The summed E-state index contributed by atoms with van der Waals surface area (Å²) in [4.78, 5) is 0. The Kier molecular flexibility index (Phi) is 16.4. The first-order valence-corrected chi connectivity index (χ1v) is 21.8. The summed E-state index contributed by atoms with van der Waals surface area (Å²) in [7, 11) is 0. The zero-order valence-electron chi connectivity index (χ0n) is 32.7. The van der Waals surface area contributed by atoms with E-state index in [9.17, 15) is 0 Å². The van der Waals surface area contributed by atoms with E-state index in [1.807, 2.05) is 12.2 Å². The first-order valence-electron chi connectivity index (χ1n) is 18.4. The van der Waals surface area contributed by atoms with Crippen molar-refractivity contribution in [2.24, 2.45) is 0 Å². The van der Waals surface area contributed by atoms with Crippen molar-refractivity contribution in [3.8, 4) is 22.3 Å². The van der Waals surface area contributed by atoms with Crippen LogP contribution in [0.4, 0.5) is 0 Å². The van der Waals surface area contributed by atoms with Gasteiger partial charge in [0.15, 0.2) is 0 Å². The van der Waals surface area contributed by atoms with E-state index in [0.717, 1.165) is 39.3 Å². The van der Waals surface area contributed by atoms with Crippen LogP contribution in [0.25, 0.3) is 43.8 Å². The number of rotatable bonds is 4. The fraction of sp³-hybridized carbons (Fsp3) is 0.176. The summed E-state index contributed by atoms with van der Waals surface area (Å²) >= 11 is 7.96. The van der Waals surface area contributed by atoms with Crippen LogP contribution in [0.15, 0.2) is 167 Å². The average molecular weight is 1070 g/mol. The Balaban J connectivity index is 0.000000252. The van der Waals surface area contributed by atoms with Gasteiger partial charge in [0.1, 0.15) is 0 Å². The molecule has 0 aromatic heterocycles. The fourth-order valence-corrected chi connectivity index (χ4v) is 8.53. The Morgan fingerprint density at radius 3 is 1.27 bits per heavy atom. The number of hydrogen-bond donors (Lipinski definition) is 0. The molecular formula is C51H46Br2Cl2Hf-2. The topological polar surface area (TPSA) is 0 Å². The molecular weight excluding hydrogens is 1020 g/mol. The van der Waals surface area contributed by atoms with Gasteiger partial charge in [-0.15, -0.1) is 46.2 Å². The number of hydrogen-bond acceptors (Lipinski definition) is 0. The molecule has 5 heteroatoms. The van der Waals surface area contributed by atoms with Gasteiger partial charge < -0.3 is 24.8 Å². The smallest absolute Gasteiger partial charge is 0.0139 e. The van der Waals surface area contributed by atoms with Crippen molar-refractivity contribution in [2.75, 3.05) is 0 Å². The molecule has 7 aromatic carbocycles. The Morgan fingerprint density at radius 1 is 0.571 bits per heavy atom. The van der Waals surface area contributed by atoms with Crippen molar-refractivity contribution in [1.82, 2.24) is 0 Å². The van der Waals surface area contributed by atoms with Gasteiger partial charge in [0.25, 0.3) is 0 Å². The molecule has 0 nitrogen and oxygen atoms in total. The van der Waals surface area contributed by atoms with Crippen LogP contribution < -0.4 is 24.8 Å². The van der Waals surface area contributed by atoms with E-state index in [1.54, 1.807) is 0 Å². The zero-order chi connectivity index (χ0) is 38.5. The Labute approximate surface area is 378 Å². The van der Waals surface area contributed by atoms with Gasteiger partial charge in [0.2, 0.25) is 0 Å². The van der Waals surface area contributed by atoms with E-state index in [1.165, 1.54) is 69.3 Å². The molecule has 1 aliphatic carbocycles. The monoisotopic (exact) mass is 1070 g/mol. The van der Waals surface area contributed by atoms with E-state index in [0.29, 0.717) is 0 Å². The number of benzene rings is 6. The van der Waals surface area contributed by atoms with Gasteiger partial charge in [-0.3, -0.25) is 6.08 Å². The predicted molar refractivity (Wildman–Crippen MR) is 238 cm³/mol. The third-order valence-electron chi connectivity index (χ3n) is 9.62. The molecule has 1 aliphatic rings. The van der Waals surface area contributed by atoms with Crippen LogP contribution in [0.5, 0.6) is 0 Å². The first kappa shape index (κ1) is 45.6. The second-order valence-electron chi connectivity index (χ2n) is 15.7. The molecule has 0 saturated carbocycles. The molecule has 0 aliphatic heterocycles. The maximum atomic E-state index is 3.46. The summed E-state index contributed by atoms with van der Waals surface area (Å²) in [6, 6.07) is 50.7. The summed E-state index contributed by atoms with van der Waals surface area (Å²) in [5.74, 6) is 0. The van der Waals surface area contributed by atoms with Crippen molar-refractivity contribution in [1.29, 1.82) is 0 Å². The second kappa shape index (κ2) is 20.1. The van der Waals surface area contributed by atoms with Crippen LogP contribution in [-0.4, -0.2) is 3.26 Å². The summed E-state index contributed by atoms with van der Waals surface area (Å²) in [5, 5.41) is 5.36. The van der Waals surface area contributed by atoms with Crippen molar-refractivity contribution in [2.45, 2.75) is 58.8 Å². The minimum atomic E-state index is 0. The van der Waals surface area contributed by atoms with Gasteiger partial charge in [0, 0.05) is 0 Å². The van der Waals surface area contributed by atoms with Gasteiger partial charge in [0.05, 0.1) is 0 Å². The Bertz CT molecular complexity index is 2260. The summed E-state index contributed by atoms with van der Waals surface area (Å²) < 4.78 is 3.68. The molecule has 0 unspecified atom stereocenters. The molecule has 0 saturated heterocycles. The third-order valence-corrected chi connectivity index (χ3v) is 12.7. The van der Waals surface area contributed by atoms with Gasteiger partial charge in [-0.25, -0.2) is 12.2 Å². The van der Waals surface area contributed by atoms with Crippen molar-refractivity contribution in [3.63, 3.8) is 0 Å². The van der Waals surface area contributed by atoms with Crippen molar-refractivity contribution < 1.29 is 48.7 Å². The van der Waals surface area contributed by atoms with Crippen molar-refractivity contribution in [3.05, 3.63) is 195 Å². The van der Waals surface area contributed by atoms with Crippen molar-refractivity contribution >= 4 is 56.7 Å². The molecule has 0 atom stereocenters. The average Bonchev–Trinajstić information content (AvgIpc) is 3.86. The second-order valence-corrected chi connectivity index (χ2v) is 19.4. The van der Waals surface area contributed by atoms with Crippen LogP contribution in [-0.2, 0) is 34.7 Å². The first-order chi connectivity index (χ1) is 25.8. The zero-order valence-corrected chi connectivity index (χ0v) is 41.0. The molecule has 0 fully saturated rings. The SMILES string of the molecule is Brc1ccc([C](=[Hf+2])c2ccc(Br)cc2)cc1.CC(C)(C)c1cc2c(cc1-c1ccccc1)[cH-]c1cc(-c3ccccc3)c(C(C)(C)C)cc12.[C-]1=CC=CC1.[Cl-].[Cl-]. The number of allylic oxidation sites excluding steroid dienone is 4. The molecule has 0 amide bonds. The molecule has 56 heavy (non-hydrogen) atoms. The van der Waals surface area contributed by atoms with Crippen LogP contribution in [0, 0.1) is 6.08 Å². The van der Waals surface area contributed by atoms with E-state index in [4.69, 9.17) is 0 Å². The molecule has 7 aromatic rings. The van der Waals surface area contributed by atoms with Gasteiger partial charge in [-0.1, -0.05) is 114 Å². The van der Waals surface area contributed by atoms with Gasteiger partial charge in [-0.2, -0.15) is 6.08 Å². The molecule has 0 N–H and O–H groups in total. The molecule has 0 radical (unpaired) electrons. The minimum Gasteiger partial charge on any atom is -1.00 e. The van der Waals surface area contributed by atoms with Crippen LogP contribution >= 0.6 is 31.9 Å². The van der Waals surface area contributed by atoms with E-state index in [-0.39, 0.29) is 35.6 Å². The number of fused-ring (bicyclic) bond motifs is 3. The minimum absolute atomic E-state index is 0. The van der Waals surface area contributed by atoms with E-state index >= 15 is 0 Å². The Hall–Kier alpha value is -3.05. The summed E-state index contributed by atoms with van der Waals surface area (Å²) in [5.41, 5.74) is 10.8. The van der Waals surface area contributed by atoms with Crippen LogP contribution in [0.1, 0.15) is 70.2 Å². The third kappa shape index (κ3) is 11.3. The Morgan fingerprint density at radius 2 is 0.964 bits per heavy atom. The normalized spacial score (nSPS) is 11.9. The fourth-order valence-electron chi connectivity index (χ4n) is 6.80. The largest absolute Gasteiger partial charge is 1.00 e. The molecule has 0 heterocycles. The quantitative estimate of drug-likeness (QED) is 0.122. The van der Waals surface area contributed by atoms with E-state index < -0.39 is 0 Å². The predicted octanol–water partition coefficient (Wildman–Crippen LogP) is 9.28. The number of halogens is 4. The van der Waals surface area contributed by atoms with Crippen LogP contribution in [0.2, 0.25) is 0 Å². The summed E-state index contributed by atoms with van der Waals surface area (Å²) in [6.45, 7) is 13.9. The van der Waals surface area contributed by atoms with Gasteiger partial charge in [-0.05, 0) is 44.2 Å². The molecule has 0 bridgehead atoms. The summed E-state index contributed by atoms with van der Waals surface area (Å²) in [6.07, 6.45) is 10.0. The van der Waals surface area contributed by atoms with Crippen LogP contribution in [0.3, 0.4) is 0 Å². The maximum absolute atomic E-state index is 3.46. The molecule has 8 rings (SSSR count). The molecule has 284 valence electrons. The van der Waals surface area contributed by atoms with Gasteiger partial charge >= 0.3 is 128 Å².